The molecular weight excluding hydrogens is 498 g/mol. The van der Waals surface area contributed by atoms with E-state index in [0.717, 1.165) is 0 Å². The van der Waals surface area contributed by atoms with Gasteiger partial charge in [0.05, 0.1) is 13.2 Å². The van der Waals surface area contributed by atoms with E-state index in [9.17, 15) is 33.9 Å². The van der Waals surface area contributed by atoms with Crippen molar-refractivity contribution in [2.24, 2.45) is 5.92 Å². The van der Waals surface area contributed by atoms with Crippen LogP contribution >= 0.6 is 11.8 Å². The summed E-state index contributed by atoms with van der Waals surface area (Å²) in [6, 6.07) is -6.27. The van der Waals surface area contributed by atoms with E-state index < -0.39 is 84.8 Å². The van der Waals surface area contributed by atoms with Gasteiger partial charge >= 0.3 is 5.97 Å². The first-order chi connectivity index (χ1) is 16.8. The average molecular weight is 536 g/mol. The lowest BCUT2D eigenvalue weighted by Crippen LogP contribution is -2.60. The average Bonchev–Trinajstić information content (AvgIpc) is 2.80. The lowest BCUT2D eigenvalue weighted by Gasteiger charge is -2.27. The van der Waals surface area contributed by atoms with Gasteiger partial charge < -0.3 is 41.9 Å². The molecule has 0 rings (SSSR count). The molecule has 0 bridgehead atoms. The Morgan fingerprint density at radius 2 is 1.22 bits per heavy atom. The van der Waals surface area contributed by atoms with Crippen molar-refractivity contribution < 1.29 is 44.1 Å². The van der Waals surface area contributed by atoms with Crippen LogP contribution in [0.3, 0.4) is 0 Å². The first-order valence-corrected chi connectivity index (χ1v) is 12.6. The molecule has 0 aliphatic carbocycles. The molecule has 0 saturated carbocycles. The first kappa shape index (κ1) is 33.1. The number of hydrogen-bond donors (Lipinski definition) is 8. The van der Waals surface area contributed by atoms with Crippen molar-refractivity contribution in [3.8, 4) is 0 Å². The Bertz CT molecular complexity index is 796. The molecule has 0 fully saturated rings. The van der Waals surface area contributed by atoms with Gasteiger partial charge in [-0.25, -0.2) is 4.79 Å². The molecule has 0 aliphatic rings. The van der Waals surface area contributed by atoms with Crippen LogP contribution in [0.4, 0.5) is 0 Å². The number of amides is 5. The number of carbonyl (C=O) groups is 6. The smallest absolute Gasteiger partial charge is 0.328 e. The lowest BCUT2D eigenvalue weighted by molar-refractivity contribution is -0.143. The molecule has 0 unspecified atom stereocenters. The van der Waals surface area contributed by atoms with E-state index in [0.29, 0.717) is 5.75 Å². The number of carbonyl (C=O) groups excluding carboxylic acids is 5. The topological polar surface area (TPSA) is 223 Å². The van der Waals surface area contributed by atoms with E-state index in [1.165, 1.54) is 25.6 Å². The molecule has 0 aromatic heterocycles. The van der Waals surface area contributed by atoms with Crippen LogP contribution in [0.2, 0.25) is 0 Å². The van der Waals surface area contributed by atoms with Gasteiger partial charge in [0.1, 0.15) is 30.2 Å². The number of hydrogen-bond acceptors (Lipinski definition) is 9. The second kappa shape index (κ2) is 16.7. The Balaban J connectivity index is 5.47. The highest BCUT2D eigenvalue weighted by Crippen LogP contribution is 2.07. The quantitative estimate of drug-likeness (QED) is 0.0995. The molecule has 0 aromatic carbocycles. The molecule has 36 heavy (non-hydrogen) atoms. The number of carboxylic acid groups (broad SMARTS) is 1. The normalized spacial score (nSPS) is 15.0. The summed E-state index contributed by atoms with van der Waals surface area (Å²) in [6.07, 6.45) is 2.05. The van der Waals surface area contributed by atoms with E-state index >= 15 is 0 Å². The van der Waals surface area contributed by atoms with Crippen LogP contribution in [0.25, 0.3) is 0 Å². The number of carboxylic acids is 1. The van der Waals surface area contributed by atoms with Crippen molar-refractivity contribution in [2.45, 2.75) is 64.3 Å². The summed E-state index contributed by atoms with van der Waals surface area (Å²) in [5.74, 6) is -5.03. The van der Waals surface area contributed by atoms with Gasteiger partial charge in [-0.3, -0.25) is 24.0 Å². The van der Waals surface area contributed by atoms with Gasteiger partial charge in [-0.2, -0.15) is 11.8 Å². The van der Waals surface area contributed by atoms with Gasteiger partial charge in [0.2, 0.25) is 29.5 Å². The minimum atomic E-state index is -1.63. The number of aliphatic hydroxyl groups is 2. The van der Waals surface area contributed by atoms with Gasteiger partial charge in [0, 0.05) is 6.92 Å². The van der Waals surface area contributed by atoms with E-state index in [1.54, 1.807) is 13.8 Å². The Morgan fingerprint density at radius 3 is 1.67 bits per heavy atom. The summed E-state index contributed by atoms with van der Waals surface area (Å²) in [7, 11) is 0. The third-order valence-corrected chi connectivity index (χ3v) is 5.56. The summed E-state index contributed by atoms with van der Waals surface area (Å²) in [5.41, 5.74) is 0. The minimum absolute atomic E-state index is 0.234. The molecule has 14 nitrogen and oxygen atoms in total. The summed E-state index contributed by atoms with van der Waals surface area (Å²) < 4.78 is 0. The molecular formula is C21H37N5O9S. The maximum atomic E-state index is 13.0. The van der Waals surface area contributed by atoms with Crippen molar-refractivity contribution >= 4 is 47.3 Å². The van der Waals surface area contributed by atoms with E-state index in [1.807, 2.05) is 11.6 Å². The molecule has 0 spiro atoms. The van der Waals surface area contributed by atoms with Crippen LogP contribution in [-0.2, 0) is 28.8 Å². The molecule has 8 N–H and O–H groups in total. The third kappa shape index (κ3) is 11.7. The van der Waals surface area contributed by atoms with Gasteiger partial charge in [-0.05, 0) is 31.3 Å². The van der Waals surface area contributed by atoms with Crippen LogP contribution in [-0.4, -0.2) is 106 Å². The zero-order valence-corrected chi connectivity index (χ0v) is 21.8. The molecule has 206 valence electrons. The highest BCUT2D eigenvalue weighted by atomic mass is 32.2. The molecule has 5 amide bonds. The minimum Gasteiger partial charge on any atom is -0.480 e. The summed E-state index contributed by atoms with van der Waals surface area (Å²) >= 11 is 1.44. The first-order valence-electron chi connectivity index (χ1n) is 11.2. The van der Waals surface area contributed by atoms with Crippen LogP contribution < -0.4 is 26.6 Å². The fourth-order valence-electron chi connectivity index (χ4n) is 2.87. The number of aliphatic hydroxyl groups excluding tert-OH is 2. The van der Waals surface area contributed by atoms with Crippen LogP contribution in [0.1, 0.15) is 34.1 Å². The maximum Gasteiger partial charge on any atom is 0.328 e. The van der Waals surface area contributed by atoms with Crippen molar-refractivity contribution in [3.05, 3.63) is 0 Å². The molecule has 0 aromatic rings. The van der Waals surface area contributed by atoms with E-state index in [4.69, 9.17) is 10.2 Å². The predicted octanol–water partition coefficient (Wildman–Crippen LogP) is -3.07. The zero-order valence-electron chi connectivity index (χ0n) is 21.0. The number of rotatable bonds is 16. The Hall–Kier alpha value is -2.91. The Morgan fingerprint density at radius 1 is 0.722 bits per heavy atom. The molecule has 15 heteroatoms. The van der Waals surface area contributed by atoms with E-state index in [2.05, 4.69) is 21.3 Å². The van der Waals surface area contributed by atoms with Crippen molar-refractivity contribution in [3.63, 3.8) is 0 Å². The molecule has 0 saturated heterocycles. The Kier molecular flexibility index (Phi) is 15.4. The third-order valence-electron chi connectivity index (χ3n) is 4.92. The standard InChI is InChI=1S/C21H37N5O9S/c1-10(2)16(20(33)24-14(8-27)19(32)25-15(9-28)21(34)35)26-18(31)13(6-7-36-5)23-17(30)11(3)22-12(4)29/h10-11,13-16,27-28H,6-9H2,1-5H3,(H,22,29)(H,23,30)(H,24,33)(H,25,32)(H,26,31)(H,34,35)/t11-,13-,14-,15-,16-/m0/s1. The number of nitrogens with one attached hydrogen (secondary N) is 5. The summed E-state index contributed by atoms with van der Waals surface area (Å²) in [4.78, 5) is 72.7. The lowest BCUT2D eigenvalue weighted by atomic mass is 10.0. The number of aliphatic carboxylic acids is 1. The van der Waals surface area contributed by atoms with E-state index in [-0.39, 0.29) is 6.42 Å². The van der Waals surface area contributed by atoms with Crippen LogP contribution in [0.15, 0.2) is 0 Å². The second-order valence-corrected chi connectivity index (χ2v) is 9.31. The summed E-state index contributed by atoms with van der Waals surface area (Å²) in [5, 5.41) is 39.3. The zero-order chi connectivity index (χ0) is 28.0. The molecule has 5 atom stereocenters. The van der Waals surface area contributed by atoms with Crippen molar-refractivity contribution in [2.75, 3.05) is 25.2 Å². The van der Waals surface area contributed by atoms with Crippen LogP contribution in [0.5, 0.6) is 0 Å². The predicted molar refractivity (Wildman–Crippen MR) is 131 cm³/mol. The van der Waals surface area contributed by atoms with Crippen LogP contribution in [0, 0.1) is 5.92 Å². The maximum absolute atomic E-state index is 13.0. The van der Waals surface area contributed by atoms with Crippen molar-refractivity contribution in [1.82, 2.24) is 26.6 Å². The Labute approximate surface area is 213 Å². The molecule has 0 heterocycles. The second-order valence-electron chi connectivity index (χ2n) is 8.32. The van der Waals surface area contributed by atoms with Gasteiger partial charge in [0.15, 0.2) is 0 Å². The SMILES string of the molecule is CSCC[C@H](NC(=O)[C@H](C)NC(C)=O)C(=O)N[C@H](C(=O)N[C@@H](CO)C(=O)N[C@@H](CO)C(=O)O)C(C)C. The highest BCUT2D eigenvalue weighted by Gasteiger charge is 2.32. The largest absolute Gasteiger partial charge is 0.480 e. The van der Waals surface area contributed by atoms with Gasteiger partial charge in [-0.15, -0.1) is 0 Å². The fourth-order valence-corrected chi connectivity index (χ4v) is 3.35. The van der Waals surface area contributed by atoms with Crippen molar-refractivity contribution in [1.29, 1.82) is 0 Å². The molecule has 0 radical (unpaired) electrons. The monoisotopic (exact) mass is 535 g/mol. The van der Waals surface area contributed by atoms with Gasteiger partial charge in [-0.1, -0.05) is 13.8 Å². The summed E-state index contributed by atoms with van der Waals surface area (Å²) in [6.45, 7) is 4.18. The highest BCUT2D eigenvalue weighted by molar-refractivity contribution is 7.98. The molecule has 0 aliphatic heterocycles. The number of thioether (sulfide) groups is 1. The fraction of sp³-hybridized carbons (Fsp3) is 0.714. The van der Waals surface area contributed by atoms with Gasteiger partial charge in [0.25, 0.3) is 0 Å².